The Morgan fingerprint density at radius 3 is 2.57 bits per heavy atom. The van der Waals surface area contributed by atoms with Gasteiger partial charge in [-0.3, -0.25) is 0 Å². The van der Waals surface area contributed by atoms with Gasteiger partial charge in [0.15, 0.2) is 0 Å². The van der Waals surface area contributed by atoms with Gasteiger partial charge in [-0.2, -0.15) is 0 Å². The first-order chi connectivity index (χ1) is 9.99. The normalized spacial score (nSPS) is 14.4. The van der Waals surface area contributed by atoms with Crippen molar-refractivity contribution in [3.63, 3.8) is 0 Å². The Morgan fingerprint density at radius 2 is 2.00 bits per heavy atom. The van der Waals surface area contributed by atoms with E-state index in [2.05, 4.69) is 21.7 Å². The van der Waals surface area contributed by atoms with E-state index >= 15 is 0 Å². The maximum Gasteiger partial charge on any atom is 0.130 e. The molecule has 0 spiro atoms. The first kappa shape index (κ1) is 16.1. The molecular weight excluding hydrogens is 290 g/mol. The summed E-state index contributed by atoms with van der Waals surface area (Å²) >= 11 is 1.71. The molecule has 2 rings (SSSR count). The molecule has 5 heteroatoms. The average Bonchev–Trinajstić information content (AvgIpc) is 2.92. The van der Waals surface area contributed by atoms with Gasteiger partial charge in [0, 0.05) is 29.1 Å². The molecule has 0 saturated carbocycles. The van der Waals surface area contributed by atoms with E-state index in [1.54, 1.807) is 11.3 Å². The minimum atomic E-state index is -0.548. The molecule has 0 amide bonds. The van der Waals surface area contributed by atoms with E-state index in [0.717, 1.165) is 6.07 Å². The van der Waals surface area contributed by atoms with Crippen LogP contribution in [0, 0.1) is 11.6 Å². The third-order valence-electron chi connectivity index (χ3n) is 3.54. The van der Waals surface area contributed by atoms with Crippen LogP contribution >= 0.6 is 11.3 Å². The highest BCUT2D eigenvalue weighted by molar-refractivity contribution is 7.10. The second-order valence-electron chi connectivity index (χ2n) is 5.29. The van der Waals surface area contributed by atoms with Crippen molar-refractivity contribution in [2.45, 2.75) is 19.0 Å². The number of nitrogens with one attached hydrogen (secondary N) is 1. The Morgan fingerprint density at radius 1 is 1.24 bits per heavy atom. The summed E-state index contributed by atoms with van der Waals surface area (Å²) in [6.07, 6.45) is 0. The predicted molar refractivity (Wildman–Crippen MR) is 83.5 cm³/mol. The fourth-order valence-electron chi connectivity index (χ4n) is 2.27. The highest BCUT2D eigenvalue weighted by Crippen LogP contribution is 2.24. The molecule has 1 N–H and O–H groups in total. The van der Waals surface area contributed by atoms with Crippen molar-refractivity contribution in [1.82, 2.24) is 10.2 Å². The summed E-state index contributed by atoms with van der Waals surface area (Å²) in [5.41, 5.74) is 0.486. The van der Waals surface area contributed by atoms with Crippen LogP contribution in [0.5, 0.6) is 0 Å². The maximum atomic E-state index is 13.8. The molecule has 2 unspecified atom stereocenters. The van der Waals surface area contributed by atoms with Gasteiger partial charge in [0.05, 0.1) is 6.04 Å². The average molecular weight is 310 g/mol. The van der Waals surface area contributed by atoms with Gasteiger partial charge in [0.25, 0.3) is 0 Å². The van der Waals surface area contributed by atoms with E-state index in [0.29, 0.717) is 12.1 Å². The van der Waals surface area contributed by atoms with Gasteiger partial charge in [0.2, 0.25) is 0 Å². The standard InChI is InChI=1S/C16H20F2N2S/c1-11(13-7-6-12(17)9-14(13)18)19-10-15(20(2)3)16-5-4-8-21-16/h4-9,11,15,19H,10H2,1-3H3. The van der Waals surface area contributed by atoms with Gasteiger partial charge in [0.1, 0.15) is 11.6 Å². The van der Waals surface area contributed by atoms with Crippen LogP contribution in [0.1, 0.15) is 29.4 Å². The summed E-state index contributed by atoms with van der Waals surface area (Å²) in [4.78, 5) is 3.39. The van der Waals surface area contributed by atoms with Crippen molar-refractivity contribution in [2.24, 2.45) is 0 Å². The van der Waals surface area contributed by atoms with Crippen molar-refractivity contribution in [2.75, 3.05) is 20.6 Å². The lowest BCUT2D eigenvalue weighted by Crippen LogP contribution is -2.32. The first-order valence-corrected chi connectivity index (χ1v) is 7.75. The van der Waals surface area contributed by atoms with Crippen molar-refractivity contribution >= 4 is 11.3 Å². The van der Waals surface area contributed by atoms with Crippen LogP contribution < -0.4 is 5.32 Å². The molecule has 0 bridgehead atoms. The van der Waals surface area contributed by atoms with Crippen LogP contribution in [0.4, 0.5) is 8.78 Å². The van der Waals surface area contributed by atoms with Crippen LogP contribution in [0.2, 0.25) is 0 Å². The van der Waals surface area contributed by atoms with Crippen LogP contribution in [0.25, 0.3) is 0 Å². The van der Waals surface area contributed by atoms with Gasteiger partial charge in [-0.1, -0.05) is 12.1 Å². The fraction of sp³-hybridized carbons (Fsp3) is 0.375. The molecule has 1 heterocycles. The molecule has 1 aromatic heterocycles. The zero-order chi connectivity index (χ0) is 15.4. The second-order valence-corrected chi connectivity index (χ2v) is 6.27. The Hall–Kier alpha value is -1.30. The zero-order valence-corrected chi connectivity index (χ0v) is 13.3. The largest absolute Gasteiger partial charge is 0.308 e. The second kappa shape index (κ2) is 7.11. The van der Waals surface area contributed by atoms with Crippen molar-refractivity contribution < 1.29 is 8.78 Å². The summed E-state index contributed by atoms with van der Waals surface area (Å²) in [5, 5.41) is 5.38. The number of likely N-dealkylation sites (N-methyl/N-ethyl adjacent to an activating group) is 1. The van der Waals surface area contributed by atoms with E-state index in [-0.39, 0.29) is 12.1 Å². The Kier molecular flexibility index (Phi) is 5.45. The van der Waals surface area contributed by atoms with Gasteiger partial charge in [-0.05, 0) is 38.5 Å². The number of hydrogen-bond donors (Lipinski definition) is 1. The Balaban J connectivity index is 2.03. The van der Waals surface area contributed by atoms with Crippen LogP contribution in [0.15, 0.2) is 35.7 Å². The number of rotatable bonds is 6. The monoisotopic (exact) mass is 310 g/mol. The SMILES string of the molecule is CC(NCC(c1cccs1)N(C)C)c1ccc(F)cc1F. The summed E-state index contributed by atoms with van der Waals surface area (Å²) in [6.45, 7) is 2.59. The zero-order valence-electron chi connectivity index (χ0n) is 12.4. The number of halogens is 2. The lowest BCUT2D eigenvalue weighted by molar-refractivity contribution is 0.285. The molecule has 0 saturated heterocycles. The Labute approximate surface area is 128 Å². The molecule has 0 radical (unpaired) electrons. The molecule has 0 aliphatic heterocycles. The highest BCUT2D eigenvalue weighted by Gasteiger charge is 2.18. The maximum absolute atomic E-state index is 13.8. The van der Waals surface area contributed by atoms with Gasteiger partial charge < -0.3 is 10.2 Å². The van der Waals surface area contributed by atoms with Gasteiger partial charge in [-0.25, -0.2) is 8.78 Å². The molecule has 21 heavy (non-hydrogen) atoms. The summed E-state index contributed by atoms with van der Waals surface area (Å²) in [7, 11) is 4.05. The smallest absolute Gasteiger partial charge is 0.130 e. The van der Waals surface area contributed by atoms with E-state index in [9.17, 15) is 8.78 Å². The molecule has 2 atom stereocenters. The van der Waals surface area contributed by atoms with Crippen molar-refractivity contribution in [3.8, 4) is 0 Å². The highest BCUT2D eigenvalue weighted by atomic mass is 32.1. The molecular formula is C16H20F2N2S. The lowest BCUT2D eigenvalue weighted by atomic mass is 10.1. The Bertz CT molecular complexity index is 570. The predicted octanol–water partition coefficient (Wildman–Crippen LogP) is 3.98. The molecule has 114 valence electrons. The number of benzene rings is 1. The first-order valence-electron chi connectivity index (χ1n) is 6.87. The van der Waals surface area contributed by atoms with Crippen LogP contribution in [-0.2, 0) is 0 Å². The van der Waals surface area contributed by atoms with E-state index in [1.165, 1.54) is 17.0 Å². The van der Waals surface area contributed by atoms with Crippen molar-refractivity contribution in [3.05, 3.63) is 57.8 Å². The number of nitrogens with zero attached hydrogens (tertiary/aromatic N) is 1. The summed E-state index contributed by atoms with van der Waals surface area (Å²) < 4.78 is 26.7. The molecule has 0 aliphatic carbocycles. The molecule has 1 aromatic carbocycles. The van der Waals surface area contributed by atoms with Gasteiger partial charge >= 0.3 is 0 Å². The van der Waals surface area contributed by atoms with Crippen LogP contribution in [0.3, 0.4) is 0 Å². The van der Waals surface area contributed by atoms with E-state index in [4.69, 9.17) is 0 Å². The van der Waals surface area contributed by atoms with E-state index in [1.807, 2.05) is 27.1 Å². The van der Waals surface area contributed by atoms with Crippen LogP contribution in [-0.4, -0.2) is 25.5 Å². The minimum Gasteiger partial charge on any atom is -0.308 e. The van der Waals surface area contributed by atoms with Crippen molar-refractivity contribution in [1.29, 1.82) is 0 Å². The van der Waals surface area contributed by atoms with Gasteiger partial charge in [-0.15, -0.1) is 11.3 Å². The number of thiophene rings is 1. The third kappa shape index (κ3) is 4.09. The lowest BCUT2D eigenvalue weighted by Gasteiger charge is -2.26. The summed E-state index contributed by atoms with van der Waals surface area (Å²) in [6, 6.07) is 7.90. The quantitative estimate of drug-likeness (QED) is 0.868. The minimum absolute atomic E-state index is 0.173. The molecule has 0 fully saturated rings. The fourth-order valence-corrected chi connectivity index (χ4v) is 3.19. The van der Waals surface area contributed by atoms with E-state index < -0.39 is 11.6 Å². The third-order valence-corrected chi connectivity index (χ3v) is 4.51. The summed E-state index contributed by atoms with van der Waals surface area (Å²) in [5.74, 6) is -1.05. The number of hydrogen-bond acceptors (Lipinski definition) is 3. The molecule has 2 nitrogen and oxygen atoms in total. The topological polar surface area (TPSA) is 15.3 Å². The molecule has 2 aromatic rings. The molecule has 0 aliphatic rings.